The molecule has 1 aliphatic rings. The summed E-state index contributed by atoms with van der Waals surface area (Å²) in [7, 11) is 0. The summed E-state index contributed by atoms with van der Waals surface area (Å²) in [5, 5.41) is 0. The number of morpholine rings is 1. The topological polar surface area (TPSA) is 21.7 Å². The number of halogens is 1. The van der Waals surface area contributed by atoms with Gasteiger partial charge in [0.25, 0.3) is 0 Å². The first kappa shape index (κ1) is 12.4. The van der Waals surface area contributed by atoms with E-state index in [1.807, 2.05) is 6.92 Å². The molecule has 0 bridgehead atoms. The molecule has 3 nitrogen and oxygen atoms in total. The summed E-state index contributed by atoms with van der Waals surface area (Å²) >= 11 is 0. The van der Waals surface area contributed by atoms with Crippen molar-refractivity contribution >= 4 is 17.0 Å². The zero-order chi connectivity index (χ0) is 7.94. The van der Waals surface area contributed by atoms with Gasteiger partial charge in [-0.05, 0) is 6.92 Å². The first-order valence-electron chi connectivity index (χ1n) is 4.31. The first-order valence-corrected chi connectivity index (χ1v) is 4.31. The maximum Gasteiger partial charge on any atom is 0.0594 e. The van der Waals surface area contributed by atoms with Crippen LogP contribution in [0.5, 0.6) is 0 Å². The van der Waals surface area contributed by atoms with Crippen LogP contribution in [0, 0.1) is 0 Å². The van der Waals surface area contributed by atoms with Crippen LogP contribution in [0.15, 0.2) is 0 Å². The SMILES string of the molecule is Br.CCOCCN1CCOCC1. The van der Waals surface area contributed by atoms with Crippen LogP contribution in [-0.2, 0) is 9.47 Å². The lowest BCUT2D eigenvalue weighted by Crippen LogP contribution is -2.38. The Bertz CT molecular complexity index is 97.1. The van der Waals surface area contributed by atoms with E-state index in [4.69, 9.17) is 9.47 Å². The Labute approximate surface area is 84.8 Å². The molecule has 0 unspecified atom stereocenters. The van der Waals surface area contributed by atoms with Crippen molar-refractivity contribution in [2.75, 3.05) is 46.1 Å². The molecule has 1 fully saturated rings. The molecule has 0 saturated carbocycles. The van der Waals surface area contributed by atoms with Gasteiger partial charge in [0.15, 0.2) is 0 Å². The fourth-order valence-electron chi connectivity index (χ4n) is 1.16. The summed E-state index contributed by atoms with van der Waals surface area (Å²) in [6.07, 6.45) is 0. The monoisotopic (exact) mass is 239 g/mol. The predicted molar refractivity (Wildman–Crippen MR) is 54.1 cm³/mol. The van der Waals surface area contributed by atoms with Gasteiger partial charge in [0.2, 0.25) is 0 Å². The largest absolute Gasteiger partial charge is 0.380 e. The third kappa shape index (κ3) is 5.09. The van der Waals surface area contributed by atoms with E-state index in [0.29, 0.717) is 0 Å². The molecule has 0 radical (unpaired) electrons. The molecule has 1 heterocycles. The van der Waals surface area contributed by atoms with Gasteiger partial charge in [0.05, 0.1) is 19.8 Å². The Morgan fingerprint density at radius 2 is 2.00 bits per heavy atom. The van der Waals surface area contributed by atoms with Gasteiger partial charge in [-0.25, -0.2) is 0 Å². The van der Waals surface area contributed by atoms with Crippen molar-refractivity contribution in [1.29, 1.82) is 0 Å². The minimum atomic E-state index is 0. The summed E-state index contributed by atoms with van der Waals surface area (Å²) in [6, 6.07) is 0. The van der Waals surface area contributed by atoms with Gasteiger partial charge in [-0.3, -0.25) is 4.90 Å². The molecule has 74 valence electrons. The van der Waals surface area contributed by atoms with Crippen LogP contribution in [0.3, 0.4) is 0 Å². The van der Waals surface area contributed by atoms with E-state index >= 15 is 0 Å². The van der Waals surface area contributed by atoms with Crippen molar-refractivity contribution in [1.82, 2.24) is 4.90 Å². The number of rotatable bonds is 4. The van der Waals surface area contributed by atoms with Crippen LogP contribution in [0.25, 0.3) is 0 Å². The highest BCUT2D eigenvalue weighted by atomic mass is 79.9. The summed E-state index contributed by atoms with van der Waals surface area (Å²) in [5.74, 6) is 0. The van der Waals surface area contributed by atoms with Crippen molar-refractivity contribution in [3.63, 3.8) is 0 Å². The normalized spacial score (nSPS) is 18.8. The van der Waals surface area contributed by atoms with Crippen LogP contribution in [-0.4, -0.2) is 51.0 Å². The third-order valence-electron chi connectivity index (χ3n) is 1.86. The molecule has 0 atom stereocenters. The molecule has 0 aromatic heterocycles. The lowest BCUT2D eigenvalue weighted by Gasteiger charge is -2.26. The molecule has 0 spiro atoms. The molecule has 4 heteroatoms. The highest BCUT2D eigenvalue weighted by Crippen LogP contribution is 1.95. The Balaban J connectivity index is 0.00000121. The van der Waals surface area contributed by atoms with E-state index in [1.165, 1.54) is 0 Å². The van der Waals surface area contributed by atoms with Gasteiger partial charge < -0.3 is 9.47 Å². The standard InChI is InChI=1S/C8H17NO2.BrH/c1-2-10-6-3-9-4-7-11-8-5-9;/h2-8H2,1H3;1H. The van der Waals surface area contributed by atoms with Gasteiger partial charge in [0.1, 0.15) is 0 Å². The van der Waals surface area contributed by atoms with E-state index in [1.54, 1.807) is 0 Å². The summed E-state index contributed by atoms with van der Waals surface area (Å²) in [5.41, 5.74) is 0. The molecule has 0 aromatic carbocycles. The fraction of sp³-hybridized carbons (Fsp3) is 1.00. The molecule has 0 N–H and O–H groups in total. The fourth-order valence-corrected chi connectivity index (χ4v) is 1.16. The lowest BCUT2D eigenvalue weighted by molar-refractivity contribution is 0.0219. The van der Waals surface area contributed by atoms with Crippen molar-refractivity contribution < 1.29 is 9.47 Å². The maximum atomic E-state index is 5.25. The van der Waals surface area contributed by atoms with Crippen LogP contribution >= 0.6 is 17.0 Å². The highest BCUT2D eigenvalue weighted by Gasteiger charge is 2.08. The molecule has 0 aliphatic carbocycles. The van der Waals surface area contributed by atoms with Crippen molar-refractivity contribution in [2.24, 2.45) is 0 Å². The van der Waals surface area contributed by atoms with E-state index in [9.17, 15) is 0 Å². The molecule has 0 amide bonds. The molecular formula is C8H18BrNO2. The number of hydrogen-bond acceptors (Lipinski definition) is 3. The van der Waals surface area contributed by atoms with E-state index in [-0.39, 0.29) is 17.0 Å². The van der Waals surface area contributed by atoms with E-state index in [2.05, 4.69) is 4.90 Å². The third-order valence-corrected chi connectivity index (χ3v) is 1.86. The van der Waals surface area contributed by atoms with Crippen LogP contribution < -0.4 is 0 Å². The van der Waals surface area contributed by atoms with Crippen LogP contribution in [0.4, 0.5) is 0 Å². The molecule has 1 rings (SSSR count). The number of nitrogens with zero attached hydrogens (tertiary/aromatic N) is 1. The minimum Gasteiger partial charge on any atom is -0.380 e. The van der Waals surface area contributed by atoms with E-state index in [0.717, 1.165) is 46.1 Å². The van der Waals surface area contributed by atoms with Crippen LogP contribution in [0.1, 0.15) is 6.92 Å². The predicted octanol–water partition coefficient (Wildman–Crippen LogP) is 0.933. The summed E-state index contributed by atoms with van der Waals surface area (Å²) < 4.78 is 10.5. The average molecular weight is 240 g/mol. The highest BCUT2D eigenvalue weighted by molar-refractivity contribution is 8.93. The Hall–Kier alpha value is 0.360. The zero-order valence-corrected chi connectivity index (χ0v) is 9.33. The van der Waals surface area contributed by atoms with Gasteiger partial charge in [0, 0.05) is 26.2 Å². The van der Waals surface area contributed by atoms with Crippen molar-refractivity contribution in [3.8, 4) is 0 Å². The van der Waals surface area contributed by atoms with Gasteiger partial charge in [-0.1, -0.05) is 0 Å². The molecular weight excluding hydrogens is 222 g/mol. The second-order valence-electron chi connectivity index (χ2n) is 2.65. The second-order valence-corrected chi connectivity index (χ2v) is 2.65. The number of hydrogen-bond donors (Lipinski definition) is 0. The zero-order valence-electron chi connectivity index (χ0n) is 7.62. The lowest BCUT2D eigenvalue weighted by atomic mass is 10.4. The Kier molecular flexibility index (Phi) is 8.22. The molecule has 1 saturated heterocycles. The summed E-state index contributed by atoms with van der Waals surface area (Å²) in [6.45, 7) is 8.65. The molecule has 12 heavy (non-hydrogen) atoms. The minimum absolute atomic E-state index is 0. The Morgan fingerprint density at radius 3 is 2.58 bits per heavy atom. The maximum absolute atomic E-state index is 5.25. The summed E-state index contributed by atoms with van der Waals surface area (Å²) in [4.78, 5) is 2.37. The average Bonchev–Trinajstić information content (AvgIpc) is 2.07. The van der Waals surface area contributed by atoms with Crippen molar-refractivity contribution in [2.45, 2.75) is 6.92 Å². The van der Waals surface area contributed by atoms with E-state index < -0.39 is 0 Å². The quantitative estimate of drug-likeness (QED) is 0.682. The Morgan fingerprint density at radius 1 is 1.33 bits per heavy atom. The second kappa shape index (κ2) is 7.98. The molecule has 1 aliphatic heterocycles. The first-order chi connectivity index (χ1) is 5.43. The number of ether oxygens (including phenoxy) is 2. The smallest absolute Gasteiger partial charge is 0.0594 e. The van der Waals surface area contributed by atoms with Crippen molar-refractivity contribution in [3.05, 3.63) is 0 Å². The van der Waals surface area contributed by atoms with Gasteiger partial charge in [-0.15, -0.1) is 17.0 Å². The van der Waals surface area contributed by atoms with Crippen LogP contribution in [0.2, 0.25) is 0 Å². The van der Waals surface area contributed by atoms with Gasteiger partial charge >= 0.3 is 0 Å². The molecule has 0 aromatic rings. The van der Waals surface area contributed by atoms with Gasteiger partial charge in [-0.2, -0.15) is 0 Å².